The van der Waals surface area contributed by atoms with Gasteiger partial charge in [-0.1, -0.05) is 0 Å². The first kappa shape index (κ1) is 14.0. The van der Waals surface area contributed by atoms with Crippen LogP contribution in [0.15, 0.2) is 35.2 Å². The molecule has 0 aliphatic heterocycles. The molecule has 2 aromatic rings. The SMILES string of the molecule is CC(NC(=O)Nc1cccnc1C(=O)O)c1ccsc1. The van der Waals surface area contributed by atoms with E-state index in [1.54, 1.807) is 17.4 Å². The van der Waals surface area contributed by atoms with Crippen molar-refractivity contribution in [2.24, 2.45) is 0 Å². The summed E-state index contributed by atoms with van der Waals surface area (Å²) >= 11 is 1.55. The van der Waals surface area contributed by atoms with Crippen LogP contribution in [-0.2, 0) is 0 Å². The van der Waals surface area contributed by atoms with Gasteiger partial charge < -0.3 is 15.7 Å². The topological polar surface area (TPSA) is 91.3 Å². The number of carboxylic acids is 1. The second kappa shape index (κ2) is 6.16. The molecular weight excluding hydrogens is 278 g/mol. The van der Waals surface area contributed by atoms with Gasteiger partial charge in [0.1, 0.15) is 0 Å². The smallest absolute Gasteiger partial charge is 0.356 e. The average molecular weight is 291 g/mol. The molecule has 0 aliphatic carbocycles. The molecule has 0 aliphatic rings. The molecule has 0 aromatic carbocycles. The fraction of sp³-hybridized carbons (Fsp3) is 0.154. The summed E-state index contributed by atoms with van der Waals surface area (Å²) in [5, 5.41) is 18.1. The molecule has 2 aromatic heterocycles. The number of carbonyl (C=O) groups is 2. The Morgan fingerprint density at radius 2 is 2.20 bits per heavy atom. The van der Waals surface area contributed by atoms with Crippen LogP contribution in [0.2, 0.25) is 0 Å². The van der Waals surface area contributed by atoms with Crippen molar-refractivity contribution in [2.75, 3.05) is 5.32 Å². The highest BCUT2D eigenvalue weighted by molar-refractivity contribution is 7.07. The Balaban J connectivity index is 2.03. The summed E-state index contributed by atoms with van der Waals surface area (Å²) in [7, 11) is 0. The average Bonchev–Trinajstić information content (AvgIpc) is 2.92. The lowest BCUT2D eigenvalue weighted by molar-refractivity contribution is 0.0692. The normalized spacial score (nSPS) is 11.7. The lowest BCUT2D eigenvalue weighted by Crippen LogP contribution is -2.31. The van der Waals surface area contributed by atoms with Crippen LogP contribution in [0.25, 0.3) is 0 Å². The van der Waals surface area contributed by atoms with E-state index in [0.717, 1.165) is 5.56 Å². The number of aromatic nitrogens is 1. The zero-order valence-electron chi connectivity index (χ0n) is 10.7. The van der Waals surface area contributed by atoms with Gasteiger partial charge in [-0.25, -0.2) is 14.6 Å². The number of pyridine rings is 1. The molecule has 0 fully saturated rings. The third-order valence-corrected chi connectivity index (χ3v) is 3.35. The number of carboxylic acid groups (broad SMARTS) is 1. The molecule has 0 bridgehead atoms. The van der Waals surface area contributed by atoms with Crippen LogP contribution in [0.3, 0.4) is 0 Å². The van der Waals surface area contributed by atoms with Gasteiger partial charge in [0, 0.05) is 6.20 Å². The van der Waals surface area contributed by atoms with Crippen molar-refractivity contribution < 1.29 is 14.7 Å². The summed E-state index contributed by atoms with van der Waals surface area (Å²) in [5.74, 6) is -1.19. The largest absolute Gasteiger partial charge is 0.476 e. The summed E-state index contributed by atoms with van der Waals surface area (Å²) in [6.07, 6.45) is 1.36. The predicted molar refractivity (Wildman–Crippen MR) is 76.1 cm³/mol. The third-order valence-electron chi connectivity index (χ3n) is 2.65. The van der Waals surface area contributed by atoms with Crippen LogP contribution >= 0.6 is 11.3 Å². The Morgan fingerprint density at radius 1 is 1.40 bits per heavy atom. The molecule has 2 heterocycles. The number of nitrogens with zero attached hydrogens (tertiary/aromatic N) is 1. The highest BCUT2D eigenvalue weighted by atomic mass is 32.1. The van der Waals surface area contributed by atoms with Crippen molar-refractivity contribution in [1.82, 2.24) is 10.3 Å². The monoisotopic (exact) mass is 291 g/mol. The van der Waals surface area contributed by atoms with Gasteiger partial charge in [-0.05, 0) is 41.4 Å². The maximum atomic E-state index is 11.9. The number of thiophene rings is 1. The van der Waals surface area contributed by atoms with E-state index in [0.29, 0.717) is 0 Å². The summed E-state index contributed by atoms with van der Waals surface area (Å²) < 4.78 is 0. The molecule has 0 radical (unpaired) electrons. The number of hydrogen-bond donors (Lipinski definition) is 3. The summed E-state index contributed by atoms with van der Waals surface area (Å²) in [6.45, 7) is 1.85. The Labute approximate surface area is 119 Å². The van der Waals surface area contributed by atoms with E-state index in [9.17, 15) is 9.59 Å². The molecule has 20 heavy (non-hydrogen) atoms. The van der Waals surface area contributed by atoms with Gasteiger partial charge in [-0.2, -0.15) is 11.3 Å². The molecule has 0 saturated carbocycles. The van der Waals surface area contributed by atoms with Crippen molar-refractivity contribution in [3.63, 3.8) is 0 Å². The minimum atomic E-state index is -1.19. The van der Waals surface area contributed by atoms with Crippen molar-refractivity contribution in [3.05, 3.63) is 46.4 Å². The molecule has 2 rings (SSSR count). The highest BCUT2D eigenvalue weighted by Crippen LogP contribution is 2.16. The first-order valence-electron chi connectivity index (χ1n) is 5.86. The molecule has 1 unspecified atom stereocenters. The van der Waals surface area contributed by atoms with Gasteiger partial charge in [0.05, 0.1) is 11.7 Å². The lowest BCUT2D eigenvalue weighted by atomic mass is 10.2. The van der Waals surface area contributed by atoms with Crippen molar-refractivity contribution >= 4 is 29.0 Å². The Bertz CT molecular complexity index is 613. The molecule has 0 saturated heterocycles. The Hall–Kier alpha value is -2.41. The number of nitrogens with one attached hydrogen (secondary N) is 2. The first-order valence-corrected chi connectivity index (χ1v) is 6.80. The van der Waals surface area contributed by atoms with Crippen LogP contribution in [0.4, 0.5) is 10.5 Å². The van der Waals surface area contributed by atoms with Crippen LogP contribution in [0.5, 0.6) is 0 Å². The first-order chi connectivity index (χ1) is 9.58. The number of anilines is 1. The second-order valence-electron chi connectivity index (χ2n) is 4.08. The standard InChI is InChI=1S/C13H13N3O3S/c1-8(9-4-6-20-7-9)15-13(19)16-10-3-2-5-14-11(10)12(17)18/h2-8H,1H3,(H,17,18)(H2,15,16,19). The number of amides is 2. The number of urea groups is 1. The predicted octanol–water partition coefficient (Wildman–Crippen LogP) is 2.72. The molecule has 1 atom stereocenters. The van der Waals surface area contributed by atoms with Gasteiger partial charge in [0.2, 0.25) is 0 Å². The van der Waals surface area contributed by atoms with E-state index in [4.69, 9.17) is 5.11 Å². The zero-order chi connectivity index (χ0) is 14.5. The van der Waals surface area contributed by atoms with Crippen molar-refractivity contribution in [1.29, 1.82) is 0 Å². The van der Waals surface area contributed by atoms with E-state index < -0.39 is 12.0 Å². The third kappa shape index (κ3) is 3.33. The molecule has 0 spiro atoms. The number of aromatic carboxylic acids is 1. The highest BCUT2D eigenvalue weighted by Gasteiger charge is 2.15. The van der Waals surface area contributed by atoms with Crippen molar-refractivity contribution in [3.8, 4) is 0 Å². The van der Waals surface area contributed by atoms with Gasteiger partial charge in [0.15, 0.2) is 5.69 Å². The van der Waals surface area contributed by atoms with Gasteiger partial charge in [-0.15, -0.1) is 0 Å². The lowest BCUT2D eigenvalue weighted by Gasteiger charge is -2.14. The van der Waals surface area contributed by atoms with Gasteiger partial charge in [0.25, 0.3) is 0 Å². The second-order valence-corrected chi connectivity index (χ2v) is 4.86. The number of rotatable bonds is 4. The van der Waals surface area contributed by atoms with Crippen molar-refractivity contribution in [2.45, 2.75) is 13.0 Å². The minimum Gasteiger partial charge on any atom is -0.476 e. The Kier molecular flexibility index (Phi) is 4.31. The molecular formula is C13H13N3O3S. The number of carbonyl (C=O) groups excluding carboxylic acids is 1. The molecule has 6 nitrogen and oxygen atoms in total. The summed E-state index contributed by atoms with van der Waals surface area (Å²) in [5.41, 5.74) is 0.968. The van der Waals surface area contributed by atoms with E-state index in [1.807, 2.05) is 23.8 Å². The maximum Gasteiger partial charge on any atom is 0.356 e. The van der Waals surface area contributed by atoms with Gasteiger partial charge in [-0.3, -0.25) is 0 Å². The van der Waals surface area contributed by atoms with E-state index in [1.165, 1.54) is 12.3 Å². The van der Waals surface area contributed by atoms with Gasteiger partial charge >= 0.3 is 12.0 Å². The zero-order valence-corrected chi connectivity index (χ0v) is 11.5. The van der Waals surface area contributed by atoms with E-state index in [-0.39, 0.29) is 17.4 Å². The van der Waals surface area contributed by atoms with E-state index in [2.05, 4.69) is 15.6 Å². The Morgan fingerprint density at radius 3 is 2.85 bits per heavy atom. The molecule has 104 valence electrons. The fourth-order valence-electron chi connectivity index (χ4n) is 1.64. The van der Waals surface area contributed by atoms with Crippen LogP contribution < -0.4 is 10.6 Å². The summed E-state index contributed by atoms with van der Waals surface area (Å²) in [6, 6.07) is 4.34. The molecule has 7 heteroatoms. The minimum absolute atomic E-state index is 0.161. The molecule has 3 N–H and O–H groups in total. The fourth-order valence-corrected chi connectivity index (χ4v) is 2.39. The quantitative estimate of drug-likeness (QED) is 0.807. The van der Waals surface area contributed by atoms with Crippen LogP contribution in [-0.4, -0.2) is 22.1 Å². The van der Waals surface area contributed by atoms with Crippen LogP contribution in [0, 0.1) is 0 Å². The van der Waals surface area contributed by atoms with Crippen LogP contribution in [0.1, 0.15) is 29.0 Å². The summed E-state index contributed by atoms with van der Waals surface area (Å²) in [4.78, 5) is 26.6. The van der Waals surface area contributed by atoms with E-state index >= 15 is 0 Å². The molecule has 2 amide bonds. The number of hydrogen-bond acceptors (Lipinski definition) is 4. The maximum absolute atomic E-state index is 11.9.